The molecule has 0 bridgehead atoms. The van der Waals surface area contributed by atoms with Crippen molar-refractivity contribution in [2.75, 3.05) is 0 Å². The average molecular weight is 365 g/mol. The standard InChI is InChI=1S/C20H14O2Se/c21-17-8-6-15(7-9-17)18-11-22-12-19(18)20-10-16(13-23-20)14-4-2-1-3-5-14/h1-13,21H. The minimum absolute atomic E-state index is 0.274. The first kappa shape index (κ1) is 14.1. The second kappa shape index (κ2) is 5.96. The zero-order valence-corrected chi connectivity index (χ0v) is 14.0. The van der Waals surface area contributed by atoms with Crippen LogP contribution < -0.4 is 0 Å². The molecule has 0 aliphatic heterocycles. The van der Waals surface area contributed by atoms with Crippen LogP contribution in [0.15, 0.2) is 82.5 Å². The van der Waals surface area contributed by atoms with E-state index in [0.717, 1.165) is 16.7 Å². The third kappa shape index (κ3) is 2.77. The SMILES string of the molecule is Oc1ccc(-c2cocc2-c2cc(-c3ccccc3)c[se]2)cc1. The first-order valence-corrected chi connectivity index (χ1v) is 9.16. The normalized spacial score (nSPS) is 10.8. The molecule has 0 amide bonds. The van der Waals surface area contributed by atoms with Crippen molar-refractivity contribution in [2.24, 2.45) is 0 Å². The molecule has 0 unspecified atom stereocenters. The number of aromatic hydroxyl groups is 1. The van der Waals surface area contributed by atoms with Crippen LogP contribution in [0.25, 0.3) is 32.3 Å². The molecule has 0 aliphatic carbocycles. The van der Waals surface area contributed by atoms with Gasteiger partial charge in [0.15, 0.2) is 0 Å². The number of phenols is 1. The monoisotopic (exact) mass is 366 g/mol. The number of hydrogen-bond acceptors (Lipinski definition) is 2. The van der Waals surface area contributed by atoms with E-state index < -0.39 is 0 Å². The fourth-order valence-electron chi connectivity index (χ4n) is 2.61. The van der Waals surface area contributed by atoms with Gasteiger partial charge in [-0.3, -0.25) is 0 Å². The Labute approximate surface area is 140 Å². The van der Waals surface area contributed by atoms with Crippen molar-refractivity contribution in [3.8, 4) is 38.0 Å². The Morgan fingerprint density at radius 3 is 2.26 bits per heavy atom. The van der Waals surface area contributed by atoms with Gasteiger partial charge in [0, 0.05) is 0 Å². The van der Waals surface area contributed by atoms with E-state index in [-0.39, 0.29) is 5.75 Å². The number of phenolic OH excluding ortho intramolecular Hbond substituents is 1. The van der Waals surface area contributed by atoms with E-state index in [4.69, 9.17) is 4.42 Å². The summed E-state index contributed by atoms with van der Waals surface area (Å²) >= 11 is 0.292. The number of rotatable bonds is 3. The van der Waals surface area contributed by atoms with Gasteiger partial charge in [-0.1, -0.05) is 0 Å². The van der Waals surface area contributed by atoms with E-state index in [1.807, 2.05) is 24.5 Å². The first-order valence-electron chi connectivity index (χ1n) is 7.31. The van der Waals surface area contributed by atoms with E-state index in [1.165, 1.54) is 15.6 Å². The van der Waals surface area contributed by atoms with E-state index >= 15 is 0 Å². The predicted molar refractivity (Wildman–Crippen MR) is 93.6 cm³/mol. The van der Waals surface area contributed by atoms with Gasteiger partial charge in [-0.15, -0.1) is 0 Å². The van der Waals surface area contributed by atoms with Crippen molar-refractivity contribution in [1.29, 1.82) is 0 Å². The van der Waals surface area contributed by atoms with Crippen molar-refractivity contribution < 1.29 is 9.52 Å². The van der Waals surface area contributed by atoms with Crippen molar-refractivity contribution in [3.63, 3.8) is 0 Å². The molecule has 3 heteroatoms. The molecule has 4 aromatic rings. The van der Waals surface area contributed by atoms with Crippen molar-refractivity contribution in [2.45, 2.75) is 0 Å². The van der Waals surface area contributed by atoms with Crippen LogP contribution in [0.3, 0.4) is 0 Å². The fraction of sp³-hybridized carbons (Fsp3) is 0. The maximum absolute atomic E-state index is 9.46. The molecule has 0 radical (unpaired) electrons. The zero-order chi connectivity index (χ0) is 15.6. The summed E-state index contributed by atoms with van der Waals surface area (Å²) in [4.78, 5) is 2.31. The fourth-order valence-corrected chi connectivity index (χ4v) is 4.58. The Hall–Kier alpha value is -2.48. The summed E-state index contributed by atoms with van der Waals surface area (Å²) in [5, 5.41) is 9.46. The summed E-state index contributed by atoms with van der Waals surface area (Å²) in [6.45, 7) is 0. The quantitative estimate of drug-likeness (QED) is 0.516. The molecule has 0 saturated heterocycles. The molecule has 1 N–H and O–H groups in total. The molecule has 0 spiro atoms. The Morgan fingerprint density at radius 1 is 0.739 bits per heavy atom. The van der Waals surface area contributed by atoms with E-state index in [1.54, 1.807) is 18.4 Å². The summed E-state index contributed by atoms with van der Waals surface area (Å²) in [6.07, 6.45) is 3.59. The number of hydrogen-bond donors (Lipinski definition) is 1. The molecule has 0 fully saturated rings. The number of benzene rings is 2. The van der Waals surface area contributed by atoms with Gasteiger partial charge in [-0.25, -0.2) is 0 Å². The molecular weight excluding hydrogens is 351 g/mol. The van der Waals surface area contributed by atoms with Crippen LogP contribution in [0.2, 0.25) is 0 Å². The van der Waals surface area contributed by atoms with Gasteiger partial charge in [0.2, 0.25) is 0 Å². The van der Waals surface area contributed by atoms with Crippen LogP contribution >= 0.6 is 0 Å². The second-order valence-corrected chi connectivity index (χ2v) is 7.22. The third-order valence-electron chi connectivity index (χ3n) is 3.81. The molecule has 2 aromatic heterocycles. The van der Waals surface area contributed by atoms with Crippen LogP contribution in [0.5, 0.6) is 5.75 Å². The van der Waals surface area contributed by atoms with Crippen LogP contribution in [0, 0.1) is 0 Å². The molecule has 23 heavy (non-hydrogen) atoms. The second-order valence-electron chi connectivity index (χ2n) is 5.31. The Kier molecular flexibility index (Phi) is 3.66. The first-order chi connectivity index (χ1) is 11.3. The summed E-state index contributed by atoms with van der Waals surface area (Å²) in [5.74, 6) is 0.274. The van der Waals surface area contributed by atoms with Crippen molar-refractivity contribution >= 4 is 14.5 Å². The summed E-state index contributed by atoms with van der Waals surface area (Å²) < 4.78 is 6.78. The minimum atomic E-state index is 0.274. The van der Waals surface area contributed by atoms with Gasteiger partial charge in [0.1, 0.15) is 0 Å². The number of furan rings is 1. The molecule has 2 aromatic carbocycles. The Morgan fingerprint density at radius 2 is 1.48 bits per heavy atom. The van der Waals surface area contributed by atoms with Crippen LogP contribution in [0.4, 0.5) is 0 Å². The molecule has 0 aliphatic rings. The van der Waals surface area contributed by atoms with Gasteiger partial charge in [-0.2, -0.15) is 0 Å². The van der Waals surface area contributed by atoms with Crippen molar-refractivity contribution in [1.82, 2.24) is 0 Å². The zero-order valence-electron chi connectivity index (χ0n) is 12.3. The molecule has 2 heterocycles. The van der Waals surface area contributed by atoms with Gasteiger partial charge in [-0.05, 0) is 0 Å². The van der Waals surface area contributed by atoms with Gasteiger partial charge in [0.05, 0.1) is 0 Å². The molecule has 2 nitrogen and oxygen atoms in total. The summed E-state index contributed by atoms with van der Waals surface area (Å²) in [6, 6.07) is 19.9. The van der Waals surface area contributed by atoms with Gasteiger partial charge < -0.3 is 0 Å². The van der Waals surface area contributed by atoms with E-state index in [9.17, 15) is 5.11 Å². The molecule has 0 atom stereocenters. The molecular formula is C20H14O2Se. The molecule has 4 rings (SSSR count). The van der Waals surface area contributed by atoms with Crippen molar-refractivity contribution in [3.05, 3.63) is 78.1 Å². The van der Waals surface area contributed by atoms with Crippen LogP contribution in [0.1, 0.15) is 0 Å². The maximum atomic E-state index is 9.46. The van der Waals surface area contributed by atoms with Crippen LogP contribution in [-0.4, -0.2) is 19.6 Å². The van der Waals surface area contributed by atoms with E-state index in [2.05, 4.69) is 35.3 Å². The van der Waals surface area contributed by atoms with E-state index in [0.29, 0.717) is 14.5 Å². The predicted octanol–water partition coefficient (Wildman–Crippen LogP) is 5.04. The summed E-state index contributed by atoms with van der Waals surface area (Å²) in [5.41, 5.74) is 5.78. The Balaban J connectivity index is 1.74. The third-order valence-corrected chi connectivity index (χ3v) is 5.83. The molecule has 112 valence electrons. The van der Waals surface area contributed by atoms with Crippen LogP contribution in [-0.2, 0) is 0 Å². The topological polar surface area (TPSA) is 33.4 Å². The Bertz CT molecular complexity index is 918. The molecule has 0 saturated carbocycles. The summed E-state index contributed by atoms with van der Waals surface area (Å²) in [7, 11) is 0. The van der Waals surface area contributed by atoms with Gasteiger partial charge >= 0.3 is 140 Å². The van der Waals surface area contributed by atoms with Gasteiger partial charge in [0.25, 0.3) is 0 Å². The average Bonchev–Trinajstić information content (AvgIpc) is 3.25.